The smallest absolute Gasteiger partial charge is 0.124 e. The first-order valence-electron chi connectivity index (χ1n) is 4.99. The molecule has 3 rings (SSSR count). The molecule has 0 radical (unpaired) electrons. The van der Waals surface area contributed by atoms with Gasteiger partial charge in [0, 0.05) is 10.9 Å². The number of thiophene rings is 1. The minimum Gasteiger partial charge on any atom is -0.364 e. The van der Waals surface area contributed by atoms with Gasteiger partial charge in [-0.25, -0.2) is 0 Å². The SMILES string of the molecule is c1ccc(-c2ccc(-c3ccon3)s2)cc1. The quantitative estimate of drug-likeness (QED) is 0.659. The van der Waals surface area contributed by atoms with Crippen LogP contribution < -0.4 is 0 Å². The lowest BCUT2D eigenvalue weighted by atomic mass is 10.2. The van der Waals surface area contributed by atoms with Crippen LogP contribution in [0.1, 0.15) is 0 Å². The molecule has 0 amide bonds. The van der Waals surface area contributed by atoms with Crippen molar-refractivity contribution < 1.29 is 4.52 Å². The molecule has 0 saturated carbocycles. The molecule has 0 spiro atoms. The molecule has 0 unspecified atom stereocenters. The monoisotopic (exact) mass is 227 g/mol. The number of benzene rings is 1. The van der Waals surface area contributed by atoms with Crippen molar-refractivity contribution in [3.05, 3.63) is 54.8 Å². The Morgan fingerprint density at radius 1 is 0.875 bits per heavy atom. The van der Waals surface area contributed by atoms with Gasteiger partial charge in [-0.2, -0.15) is 0 Å². The van der Waals surface area contributed by atoms with E-state index in [4.69, 9.17) is 4.52 Å². The molecular formula is C13H9NOS. The summed E-state index contributed by atoms with van der Waals surface area (Å²) in [5.41, 5.74) is 2.13. The van der Waals surface area contributed by atoms with Gasteiger partial charge in [0.2, 0.25) is 0 Å². The maximum atomic E-state index is 4.84. The molecule has 0 atom stereocenters. The number of nitrogens with zero attached hydrogens (tertiary/aromatic N) is 1. The first-order chi connectivity index (χ1) is 7.93. The van der Waals surface area contributed by atoms with Crippen LogP contribution in [0.5, 0.6) is 0 Å². The molecule has 0 saturated heterocycles. The second-order valence-electron chi connectivity index (χ2n) is 3.41. The zero-order valence-corrected chi connectivity index (χ0v) is 9.28. The van der Waals surface area contributed by atoms with Crippen LogP contribution in [0.25, 0.3) is 21.0 Å². The van der Waals surface area contributed by atoms with Gasteiger partial charge < -0.3 is 4.52 Å². The van der Waals surface area contributed by atoms with E-state index in [0.29, 0.717) is 0 Å². The molecule has 0 fully saturated rings. The highest BCUT2D eigenvalue weighted by atomic mass is 32.1. The minimum absolute atomic E-state index is 0.896. The molecule has 0 N–H and O–H groups in total. The van der Waals surface area contributed by atoms with Crippen molar-refractivity contribution >= 4 is 11.3 Å². The molecule has 0 aliphatic carbocycles. The Morgan fingerprint density at radius 2 is 1.69 bits per heavy atom. The van der Waals surface area contributed by atoms with Gasteiger partial charge in [0.05, 0.1) is 4.88 Å². The van der Waals surface area contributed by atoms with Crippen molar-refractivity contribution in [2.45, 2.75) is 0 Å². The first kappa shape index (κ1) is 9.36. The van der Waals surface area contributed by atoms with E-state index in [-0.39, 0.29) is 0 Å². The summed E-state index contributed by atoms with van der Waals surface area (Å²) < 4.78 is 4.84. The molecule has 78 valence electrons. The summed E-state index contributed by atoms with van der Waals surface area (Å²) in [7, 11) is 0. The second kappa shape index (κ2) is 3.94. The maximum Gasteiger partial charge on any atom is 0.124 e. The lowest BCUT2D eigenvalue weighted by Gasteiger charge is -1.94. The van der Waals surface area contributed by atoms with Gasteiger partial charge in [-0.1, -0.05) is 35.5 Å². The predicted octanol–water partition coefficient (Wildman–Crippen LogP) is 4.07. The molecule has 2 aromatic heterocycles. The molecule has 0 aliphatic heterocycles. The number of hydrogen-bond donors (Lipinski definition) is 0. The largest absolute Gasteiger partial charge is 0.364 e. The second-order valence-corrected chi connectivity index (χ2v) is 4.50. The van der Waals surface area contributed by atoms with Crippen molar-refractivity contribution in [1.29, 1.82) is 0 Å². The summed E-state index contributed by atoms with van der Waals surface area (Å²) in [6.07, 6.45) is 1.59. The van der Waals surface area contributed by atoms with Gasteiger partial charge in [-0.3, -0.25) is 0 Å². The minimum atomic E-state index is 0.896. The van der Waals surface area contributed by atoms with Gasteiger partial charge in [0.15, 0.2) is 0 Å². The molecular weight excluding hydrogens is 218 g/mol. The van der Waals surface area contributed by atoms with E-state index < -0.39 is 0 Å². The Kier molecular flexibility index (Phi) is 2.31. The van der Waals surface area contributed by atoms with E-state index in [1.165, 1.54) is 10.4 Å². The molecule has 3 aromatic rings. The van der Waals surface area contributed by atoms with Crippen LogP contribution >= 0.6 is 11.3 Å². The van der Waals surface area contributed by atoms with Crippen molar-refractivity contribution in [1.82, 2.24) is 5.16 Å². The zero-order chi connectivity index (χ0) is 10.8. The van der Waals surface area contributed by atoms with Gasteiger partial charge in [0.25, 0.3) is 0 Å². The van der Waals surface area contributed by atoms with Crippen molar-refractivity contribution in [2.75, 3.05) is 0 Å². The number of rotatable bonds is 2. The summed E-state index contributed by atoms with van der Waals surface area (Å²) >= 11 is 1.72. The van der Waals surface area contributed by atoms with E-state index >= 15 is 0 Å². The van der Waals surface area contributed by atoms with Crippen molar-refractivity contribution in [2.24, 2.45) is 0 Å². The van der Waals surface area contributed by atoms with E-state index in [2.05, 4.69) is 29.4 Å². The maximum absolute atomic E-state index is 4.84. The Balaban J connectivity index is 2.00. The third kappa shape index (κ3) is 1.66. The average molecular weight is 227 g/mol. The molecule has 0 bridgehead atoms. The predicted molar refractivity (Wildman–Crippen MR) is 65.3 cm³/mol. The fourth-order valence-electron chi connectivity index (χ4n) is 1.57. The first-order valence-corrected chi connectivity index (χ1v) is 5.81. The molecule has 2 heterocycles. The summed E-state index contributed by atoms with van der Waals surface area (Å²) in [4.78, 5) is 2.38. The molecule has 1 aromatic carbocycles. The summed E-state index contributed by atoms with van der Waals surface area (Å²) in [5, 5.41) is 3.93. The summed E-state index contributed by atoms with van der Waals surface area (Å²) in [6.45, 7) is 0. The summed E-state index contributed by atoms with van der Waals surface area (Å²) in [5.74, 6) is 0. The number of aromatic nitrogens is 1. The Labute approximate surface area is 97.2 Å². The highest BCUT2D eigenvalue weighted by Crippen LogP contribution is 2.33. The molecule has 3 heteroatoms. The van der Waals surface area contributed by atoms with E-state index in [1.54, 1.807) is 17.6 Å². The lowest BCUT2D eigenvalue weighted by molar-refractivity contribution is 0.422. The fraction of sp³-hybridized carbons (Fsp3) is 0. The zero-order valence-electron chi connectivity index (χ0n) is 8.46. The van der Waals surface area contributed by atoms with Gasteiger partial charge in [-0.15, -0.1) is 11.3 Å². The summed E-state index contributed by atoms with van der Waals surface area (Å²) in [6, 6.07) is 16.4. The molecule has 0 aliphatic rings. The Hall–Kier alpha value is -1.87. The van der Waals surface area contributed by atoms with Crippen LogP contribution in [0.15, 0.2) is 59.3 Å². The third-order valence-electron chi connectivity index (χ3n) is 2.35. The molecule has 2 nitrogen and oxygen atoms in total. The third-order valence-corrected chi connectivity index (χ3v) is 3.51. The Morgan fingerprint density at radius 3 is 2.44 bits per heavy atom. The van der Waals surface area contributed by atoms with Crippen LogP contribution in [0, 0.1) is 0 Å². The van der Waals surface area contributed by atoms with E-state index in [1.807, 2.05) is 24.3 Å². The Bertz CT molecular complexity index is 569. The van der Waals surface area contributed by atoms with Gasteiger partial charge in [0.1, 0.15) is 12.0 Å². The van der Waals surface area contributed by atoms with Crippen LogP contribution in [0.3, 0.4) is 0 Å². The highest BCUT2D eigenvalue weighted by Gasteiger charge is 2.06. The van der Waals surface area contributed by atoms with Crippen molar-refractivity contribution in [3.63, 3.8) is 0 Å². The van der Waals surface area contributed by atoms with E-state index in [0.717, 1.165) is 10.6 Å². The molecule has 16 heavy (non-hydrogen) atoms. The van der Waals surface area contributed by atoms with Gasteiger partial charge in [-0.05, 0) is 17.7 Å². The lowest BCUT2D eigenvalue weighted by Crippen LogP contribution is -1.68. The van der Waals surface area contributed by atoms with Crippen LogP contribution in [-0.4, -0.2) is 5.16 Å². The van der Waals surface area contributed by atoms with Crippen LogP contribution in [0.4, 0.5) is 0 Å². The number of hydrogen-bond acceptors (Lipinski definition) is 3. The van der Waals surface area contributed by atoms with Crippen molar-refractivity contribution in [3.8, 4) is 21.0 Å². The fourth-order valence-corrected chi connectivity index (χ4v) is 2.55. The normalized spacial score (nSPS) is 10.5. The van der Waals surface area contributed by atoms with Gasteiger partial charge >= 0.3 is 0 Å². The topological polar surface area (TPSA) is 26.0 Å². The van der Waals surface area contributed by atoms with E-state index in [9.17, 15) is 0 Å². The highest BCUT2D eigenvalue weighted by molar-refractivity contribution is 7.18. The average Bonchev–Trinajstić information content (AvgIpc) is 3.01. The van der Waals surface area contributed by atoms with Crippen LogP contribution in [-0.2, 0) is 0 Å². The van der Waals surface area contributed by atoms with Crippen LogP contribution in [0.2, 0.25) is 0 Å². The standard InChI is InChI=1S/C13H9NOS/c1-2-4-10(5-3-1)12-6-7-13(16-12)11-8-9-15-14-11/h1-9H.